The molecule has 0 saturated carbocycles. The third-order valence-electron chi connectivity index (χ3n) is 2.83. The van der Waals surface area contributed by atoms with Crippen LogP contribution in [0.15, 0.2) is 37.5 Å². The molecule has 1 rings (SSSR count). The van der Waals surface area contributed by atoms with Crippen molar-refractivity contribution >= 4 is 0 Å². The molecule has 2 unspecified atom stereocenters. The zero-order valence-corrected chi connectivity index (χ0v) is 10.3. The monoisotopic (exact) mass is 221 g/mol. The van der Waals surface area contributed by atoms with Crippen LogP contribution in [-0.2, 0) is 4.84 Å². The zero-order valence-electron chi connectivity index (χ0n) is 10.3. The summed E-state index contributed by atoms with van der Waals surface area (Å²) in [7, 11) is 0. The largest absolute Gasteiger partial charge is 0.291 e. The van der Waals surface area contributed by atoms with Gasteiger partial charge in [-0.25, -0.2) is 0 Å². The van der Waals surface area contributed by atoms with Crippen LogP contribution in [0.4, 0.5) is 0 Å². The topological polar surface area (TPSA) is 12.5 Å². The number of nitrogens with zero attached hydrogens (tertiary/aromatic N) is 1. The van der Waals surface area contributed by atoms with E-state index < -0.39 is 0 Å². The average Bonchev–Trinajstić information content (AvgIpc) is 2.65. The van der Waals surface area contributed by atoms with E-state index in [0.717, 1.165) is 25.8 Å². The van der Waals surface area contributed by atoms with Crippen molar-refractivity contribution in [1.82, 2.24) is 5.06 Å². The van der Waals surface area contributed by atoms with Gasteiger partial charge in [0.25, 0.3) is 0 Å². The van der Waals surface area contributed by atoms with Crippen LogP contribution < -0.4 is 0 Å². The molecule has 0 aromatic rings. The molecule has 1 heterocycles. The number of rotatable bonds is 7. The maximum Gasteiger partial charge on any atom is 0.0987 e. The van der Waals surface area contributed by atoms with Gasteiger partial charge in [0.15, 0.2) is 0 Å². The normalized spacial score (nSPS) is 26.3. The number of hydrogen-bond acceptors (Lipinski definition) is 2. The number of allylic oxidation sites excluding steroid dienone is 2. The van der Waals surface area contributed by atoms with Crippen LogP contribution in [0.25, 0.3) is 0 Å². The van der Waals surface area contributed by atoms with Crippen LogP contribution >= 0.6 is 0 Å². The van der Waals surface area contributed by atoms with Gasteiger partial charge in [0, 0.05) is 12.6 Å². The Balaban J connectivity index is 2.17. The van der Waals surface area contributed by atoms with Crippen molar-refractivity contribution < 1.29 is 4.84 Å². The lowest BCUT2D eigenvalue weighted by Gasteiger charge is -2.17. The van der Waals surface area contributed by atoms with Gasteiger partial charge in [-0.1, -0.05) is 24.3 Å². The molecule has 0 spiro atoms. The Labute approximate surface area is 99.2 Å². The molecule has 1 aliphatic heterocycles. The summed E-state index contributed by atoms with van der Waals surface area (Å²) >= 11 is 0. The van der Waals surface area contributed by atoms with Crippen molar-refractivity contribution in [3.63, 3.8) is 0 Å². The van der Waals surface area contributed by atoms with Crippen LogP contribution in [0, 0.1) is 0 Å². The first-order chi connectivity index (χ1) is 7.77. The van der Waals surface area contributed by atoms with Crippen molar-refractivity contribution in [2.24, 2.45) is 0 Å². The molecular formula is C14H23NO. The molecule has 0 aliphatic carbocycles. The molecule has 2 nitrogen and oxygen atoms in total. The van der Waals surface area contributed by atoms with Gasteiger partial charge in [0.1, 0.15) is 0 Å². The fraction of sp³-hybridized carbons (Fsp3) is 0.571. The van der Waals surface area contributed by atoms with E-state index in [0.29, 0.717) is 6.04 Å². The highest BCUT2D eigenvalue weighted by atomic mass is 16.7. The van der Waals surface area contributed by atoms with E-state index in [1.165, 1.54) is 6.42 Å². The molecular weight excluding hydrogens is 198 g/mol. The van der Waals surface area contributed by atoms with Gasteiger partial charge in [-0.2, -0.15) is 5.06 Å². The number of hydroxylamine groups is 2. The summed E-state index contributed by atoms with van der Waals surface area (Å²) in [4.78, 5) is 5.70. The van der Waals surface area contributed by atoms with Gasteiger partial charge in [-0.15, -0.1) is 13.2 Å². The highest BCUT2D eigenvalue weighted by molar-refractivity contribution is 4.91. The van der Waals surface area contributed by atoms with Gasteiger partial charge in [0.2, 0.25) is 0 Å². The molecule has 0 aromatic carbocycles. The molecule has 2 heteroatoms. The van der Waals surface area contributed by atoms with Gasteiger partial charge < -0.3 is 0 Å². The second-order valence-electron chi connectivity index (χ2n) is 4.25. The molecule has 0 aromatic heterocycles. The molecule has 0 bridgehead atoms. The van der Waals surface area contributed by atoms with E-state index in [1.807, 2.05) is 17.2 Å². The van der Waals surface area contributed by atoms with E-state index in [9.17, 15) is 0 Å². The van der Waals surface area contributed by atoms with Gasteiger partial charge in [-0.3, -0.25) is 4.84 Å². The summed E-state index contributed by atoms with van der Waals surface area (Å²) in [6, 6.07) is 0.487. The SMILES string of the molecule is C=CCCCC=CCN1OC(C=C)CC1C. The molecule has 90 valence electrons. The maximum absolute atomic E-state index is 5.70. The Bertz CT molecular complexity index is 247. The molecule has 0 N–H and O–H groups in total. The van der Waals surface area contributed by atoms with Crippen LogP contribution in [0.2, 0.25) is 0 Å². The number of hydrogen-bond donors (Lipinski definition) is 0. The maximum atomic E-state index is 5.70. The quantitative estimate of drug-likeness (QED) is 0.482. The average molecular weight is 221 g/mol. The smallest absolute Gasteiger partial charge is 0.0987 e. The summed E-state index contributed by atoms with van der Waals surface area (Å²) in [5.74, 6) is 0. The van der Waals surface area contributed by atoms with E-state index in [-0.39, 0.29) is 6.10 Å². The third-order valence-corrected chi connectivity index (χ3v) is 2.83. The minimum atomic E-state index is 0.198. The standard InChI is InChI=1S/C14H23NO/c1-4-6-7-8-9-10-11-15-13(3)12-14(5-2)16-15/h4-5,9-10,13-14H,1-2,6-8,11-12H2,3H3. The van der Waals surface area contributed by atoms with Crippen molar-refractivity contribution in [1.29, 1.82) is 0 Å². The Kier molecular flexibility index (Phi) is 6.12. The Hall–Kier alpha value is -0.860. The van der Waals surface area contributed by atoms with Crippen LogP contribution in [0.5, 0.6) is 0 Å². The molecule has 2 atom stereocenters. The minimum absolute atomic E-state index is 0.198. The van der Waals surface area contributed by atoms with Gasteiger partial charge in [0.05, 0.1) is 6.10 Å². The Morgan fingerprint density at radius 3 is 2.75 bits per heavy atom. The molecule has 0 radical (unpaired) electrons. The molecule has 0 amide bonds. The minimum Gasteiger partial charge on any atom is -0.291 e. The lowest BCUT2D eigenvalue weighted by molar-refractivity contribution is -0.139. The summed E-state index contributed by atoms with van der Waals surface area (Å²) in [6.07, 6.45) is 12.9. The Morgan fingerprint density at radius 2 is 2.12 bits per heavy atom. The molecule has 1 aliphatic rings. The lowest BCUT2D eigenvalue weighted by atomic mass is 10.1. The van der Waals surface area contributed by atoms with E-state index >= 15 is 0 Å². The van der Waals surface area contributed by atoms with E-state index in [4.69, 9.17) is 4.84 Å². The van der Waals surface area contributed by atoms with Crippen molar-refractivity contribution in [3.8, 4) is 0 Å². The number of unbranched alkanes of at least 4 members (excludes halogenated alkanes) is 2. The van der Waals surface area contributed by atoms with Gasteiger partial charge >= 0.3 is 0 Å². The van der Waals surface area contributed by atoms with E-state index in [1.54, 1.807) is 0 Å². The third kappa shape index (κ3) is 4.33. The fourth-order valence-electron chi connectivity index (χ4n) is 1.81. The Morgan fingerprint density at radius 1 is 1.31 bits per heavy atom. The highest BCUT2D eigenvalue weighted by Crippen LogP contribution is 2.20. The zero-order chi connectivity index (χ0) is 11.8. The second kappa shape index (κ2) is 7.42. The fourth-order valence-corrected chi connectivity index (χ4v) is 1.81. The molecule has 1 fully saturated rings. The van der Waals surface area contributed by atoms with Gasteiger partial charge in [-0.05, 0) is 32.6 Å². The summed E-state index contributed by atoms with van der Waals surface area (Å²) in [6.45, 7) is 10.5. The predicted octanol–water partition coefficient (Wildman–Crippen LogP) is 3.48. The van der Waals surface area contributed by atoms with Crippen molar-refractivity contribution in [2.45, 2.75) is 44.8 Å². The first kappa shape index (κ1) is 13.2. The van der Waals surface area contributed by atoms with Crippen LogP contribution in [0.1, 0.15) is 32.6 Å². The van der Waals surface area contributed by atoms with Crippen LogP contribution in [0.3, 0.4) is 0 Å². The second-order valence-corrected chi connectivity index (χ2v) is 4.25. The lowest BCUT2D eigenvalue weighted by Crippen LogP contribution is -2.25. The van der Waals surface area contributed by atoms with Crippen molar-refractivity contribution in [3.05, 3.63) is 37.5 Å². The van der Waals surface area contributed by atoms with Crippen molar-refractivity contribution in [2.75, 3.05) is 6.54 Å². The first-order valence-electron chi connectivity index (χ1n) is 6.09. The summed E-state index contributed by atoms with van der Waals surface area (Å²) in [5, 5.41) is 2.04. The first-order valence-corrected chi connectivity index (χ1v) is 6.09. The molecule has 16 heavy (non-hydrogen) atoms. The molecule has 1 saturated heterocycles. The summed E-state index contributed by atoms with van der Waals surface area (Å²) in [5.41, 5.74) is 0. The predicted molar refractivity (Wildman–Crippen MR) is 69.0 cm³/mol. The van der Waals surface area contributed by atoms with Crippen LogP contribution in [-0.4, -0.2) is 23.8 Å². The van der Waals surface area contributed by atoms with E-state index in [2.05, 4.69) is 32.2 Å². The highest BCUT2D eigenvalue weighted by Gasteiger charge is 2.27. The summed E-state index contributed by atoms with van der Waals surface area (Å²) < 4.78 is 0.